The van der Waals surface area contributed by atoms with Gasteiger partial charge in [-0.2, -0.15) is 0 Å². The summed E-state index contributed by atoms with van der Waals surface area (Å²) in [6, 6.07) is 9.80. The van der Waals surface area contributed by atoms with Gasteiger partial charge in [-0.3, -0.25) is 0 Å². The van der Waals surface area contributed by atoms with Crippen molar-refractivity contribution in [2.24, 2.45) is 0 Å². The number of hydrogen-bond acceptors (Lipinski definition) is 2. The molecule has 6 heteroatoms. The normalized spacial score (nSPS) is 12.8. The molecular formula is C15H9Br2F2NO. The number of halogens is 4. The van der Waals surface area contributed by atoms with Crippen molar-refractivity contribution >= 4 is 43.0 Å². The van der Waals surface area contributed by atoms with Crippen LogP contribution in [0.3, 0.4) is 0 Å². The van der Waals surface area contributed by atoms with Crippen LogP contribution in [0.15, 0.2) is 45.3 Å². The molecule has 0 aliphatic heterocycles. The molecule has 1 heterocycles. The van der Waals surface area contributed by atoms with Gasteiger partial charge < -0.3 is 4.42 Å². The fraction of sp³-hybridized carbons (Fsp3) is 0.133. The number of para-hydroxylation sites is 2. The van der Waals surface area contributed by atoms with Gasteiger partial charge in [0.1, 0.15) is 17.2 Å². The molecule has 2 aromatic carbocycles. The molecule has 0 radical (unpaired) electrons. The number of benzene rings is 2. The highest BCUT2D eigenvalue weighted by molar-refractivity contribution is 9.10. The van der Waals surface area contributed by atoms with Crippen LogP contribution >= 0.6 is 31.9 Å². The van der Waals surface area contributed by atoms with E-state index < -0.39 is 16.5 Å². The van der Waals surface area contributed by atoms with Crippen LogP contribution in [-0.4, -0.2) is 4.98 Å². The molecule has 2 nitrogen and oxygen atoms in total. The van der Waals surface area contributed by atoms with Crippen molar-refractivity contribution in [3.63, 3.8) is 0 Å². The van der Waals surface area contributed by atoms with E-state index in [1.54, 1.807) is 6.07 Å². The molecule has 0 bridgehead atoms. The average Bonchev–Trinajstić information content (AvgIpc) is 2.79. The zero-order valence-corrected chi connectivity index (χ0v) is 13.8. The van der Waals surface area contributed by atoms with Gasteiger partial charge in [0, 0.05) is 16.5 Å². The summed E-state index contributed by atoms with van der Waals surface area (Å²) in [5.41, 5.74) is 1.35. The van der Waals surface area contributed by atoms with Gasteiger partial charge in [0.15, 0.2) is 11.5 Å². The lowest BCUT2D eigenvalue weighted by Crippen LogP contribution is -2.02. The number of rotatable bonds is 3. The standard InChI is InChI=1S/C15H9Br2F2NO/c16-8-5-10(18)15(11(19)6-8)9(17)7-14-20-12-3-1-2-4-13(12)21-14/h1-6,9H,7H2. The summed E-state index contributed by atoms with van der Waals surface area (Å²) in [5.74, 6) is -0.792. The number of aromatic nitrogens is 1. The predicted octanol–water partition coefficient (Wildman–Crippen LogP) is 5.55. The highest BCUT2D eigenvalue weighted by atomic mass is 79.9. The molecule has 0 saturated heterocycles. The van der Waals surface area contributed by atoms with Gasteiger partial charge in [-0.1, -0.05) is 44.0 Å². The van der Waals surface area contributed by atoms with Crippen LogP contribution in [0.1, 0.15) is 16.3 Å². The maximum absolute atomic E-state index is 13.9. The Labute approximate surface area is 136 Å². The van der Waals surface area contributed by atoms with Gasteiger partial charge in [0.2, 0.25) is 0 Å². The molecule has 0 N–H and O–H groups in total. The van der Waals surface area contributed by atoms with Gasteiger partial charge in [-0.15, -0.1) is 0 Å². The lowest BCUT2D eigenvalue weighted by Gasteiger charge is -2.10. The van der Waals surface area contributed by atoms with Crippen LogP contribution < -0.4 is 0 Å². The molecule has 21 heavy (non-hydrogen) atoms. The van der Waals surface area contributed by atoms with Crippen molar-refractivity contribution in [1.82, 2.24) is 4.98 Å². The van der Waals surface area contributed by atoms with Crippen LogP contribution in [-0.2, 0) is 6.42 Å². The summed E-state index contributed by atoms with van der Waals surface area (Å²) in [4.78, 5) is 3.75. The van der Waals surface area contributed by atoms with Crippen LogP contribution in [0.5, 0.6) is 0 Å². The van der Waals surface area contributed by atoms with Crippen molar-refractivity contribution in [3.8, 4) is 0 Å². The zero-order valence-electron chi connectivity index (χ0n) is 10.6. The number of hydrogen-bond donors (Lipinski definition) is 0. The lowest BCUT2D eigenvalue weighted by atomic mass is 10.1. The van der Waals surface area contributed by atoms with Crippen molar-refractivity contribution in [2.45, 2.75) is 11.2 Å². The highest BCUT2D eigenvalue weighted by Crippen LogP contribution is 2.33. The molecule has 0 fully saturated rings. The fourth-order valence-electron chi connectivity index (χ4n) is 2.12. The molecule has 0 spiro atoms. The number of alkyl halides is 1. The maximum Gasteiger partial charge on any atom is 0.196 e. The molecule has 3 rings (SSSR count). The molecule has 0 saturated carbocycles. The Morgan fingerprint density at radius 1 is 1.14 bits per heavy atom. The van der Waals surface area contributed by atoms with E-state index in [1.165, 1.54) is 12.1 Å². The maximum atomic E-state index is 13.9. The largest absolute Gasteiger partial charge is 0.441 e. The van der Waals surface area contributed by atoms with Crippen molar-refractivity contribution in [1.29, 1.82) is 0 Å². The van der Waals surface area contributed by atoms with E-state index >= 15 is 0 Å². The molecule has 1 atom stereocenters. The van der Waals surface area contributed by atoms with Gasteiger partial charge >= 0.3 is 0 Å². The van der Waals surface area contributed by atoms with Gasteiger partial charge in [-0.25, -0.2) is 13.8 Å². The Balaban J connectivity index is 1.91. The summed E-state index contributed by atoms with van der Waals surface area (Å²) >= 11 is 6.37. The molecule has 3 aromatic rings. The monoisotopic (exact) mass is 415 g/mol. The zero-order chi connectivity index (χ0) is 15.0. The molecule has 0 amide bonds. The molecule has 108 valence electrons. The quantitative estimate of drug-likeness (QED) is 0.523. The predicted molar refractivity (Wildman–Crippen MR) is 83.4 cm³/mol. The highest BCUT2D eigenvalue weighted by Gasteiger charge is 2.21. The lowest BCUT2D eigenvalue weighted by molar-refractivity contribution is 0.510. The Hall–Kier alpha value is -1.27. The Bertz CT molecular complexity index is 747. The molecule has 1 aromatic heterocycles. The summed E-state index contributed by atoms with van der Waals surface area (Å²) in [6.07, 6.45) is 0.254. The second kappa shape index (κ2) is 5.85. The first kappa shape index (κ1) is 14.7. The van der Waals surface area contributed by atoms with E-state index in [2.05, 4.69) is 36.8 Å². The Kier molecular flexibility index (Phi) is 4.08. The third kappa shape index (κ3) is 3.01. The molecule has 0 aliphatic rings. The van der Waals surface area contributed by atoms with Crippen molar-refractivity contribution in [2.75, 3.05) is 0 Å². The number of fused-ring (bicyclic) bond motifs is 1. The van der Waals surface area contributed by atoms with E-state index in [-0.39, 0.29) is 12.0 Å². The van der Waals surface area contributed by atoms with E-state index in [9.17, 15) is 8.78 Å². The minimum atomic E-state index is -0.611. The SMILES string of the molecule is Fc1cc(Br)cc(F)c1C(Br)Cc1nc2ccccc2o1. The minimum Gasteiger partial charge on any atom is -0.441 e. The summed E-state index contributed by atoms with van der Waals surface area (Å²) < 4.78 is 33.8. The van der Waals surface area contributed by atoms with Crippen molar-refractivity contribution < 1.29 is 13.2 Å². The second-order valence-electron chi connectivity index (χ2n) is 4.53. The first-order valence-electron chi connectivity index (χ1n) is 6.17. The summed E-state index contributed by atoms with van der Waals surface area (Å²) in [6.45, 7) is 0. The Morgan fingerprint density at radius 3 is 2.48 bits per heavy atom. The van der Waals surface area contributed by atoms with E-state index in [1.807, 2.05) is 18.2 Å². The molecule has 1 unspecified atom stereocenters. The van der Waals surface area contributed by atoms with E-state index in [4.69, 9.17) is 4.42 Å². The average molecular weight is 417 g/mol. The number of nitrogens with zero attached hydrogens (tertiary/aromatic N) is 1. The Morgan fingerprint density at radius 2 is 1.81 bits per heavy atom. The second-order valence-corrected chi connectivity index (χ2v) is 6.55. The topological polar surface area (TPSA) is 26.0 Å². The van der Waals surface area contributed by atoms with Crippen LogP contribution in [0.4, 0.5) is 8.78 Å². The smallest absolute Gasteiger partial charge is 0.196 e. The van der Waals surface area contributed by atoms with Crippen LogP contribution in [0, 0.1) is 11.6 Å². The van der Waals surface area contributed by atoms with Crippen molar-refractivity contribution in [3.05, 3.63) is 64.0 Å². The van der Waals surface area contributed by atoms with Crippen LogP contribution in [0.2, 0.25) is 0 Å². The van der Waals surface area contributed by atoms with Crippen LogP contribution in [0.25, 0.3) is 11.1 Å². The number of oxazole rings is 1. The summed E-state index contributed by atoms with van der Waals surface area (Å²) in [7, 11) is 0. The molecule has 0 aliphatic carbocycles. The molecular weight excluding hydrogens is 408 g/mol. The third-order valence-corrected chi connectivity index (χ3v) is 4.29. The third-order valence-electron chi connectivity index (χ3n) is 3.05. The van der Waals surface area contributed by atoms with E-state index in [0.717, 1.165) is 5.52 Å². The fourth-order valence-corrected chi connectivity index (χ4v) is 3.23. The van der Waals surface area contributed by atoms with Gasteiger partial charge in [0.05, 0.1) is 4.83 Å². The van der Waals surface area contributed by atoms with Gasteiger partial charge in [-0.05, 0) is 24.3 Å². The first-order valence-corrected chi connectivity index (χ1v) is 7.88. The summed E-state index contributed by atoms with van der Waals surface area (Å²) in [5, 5.41) is 0. The van der Waals surface area contributed by atoms with Gasteiger partial charge in [0.25, 0.3) is 0 Å². The van der Waals surface area contributed by atoms with E-state index in [0.29, 0.717) is 15.9 Å². The minimum absolute atomic E-state index is 0.0274. The first-order chi connectivity index (χ1) is 10.0.